The second-order valence-corrected chi connectivity index (χ2v) is 9.76. The molecular weight excluding hydrogens is 355 g/mol. The second-order valence-electron chi connectivity index (χ2n) is 4.45. The minimum absolute atomic E-state index is 0.107. The molecule has 2 nitrogen and oxygen atoms in total. The van der Waals surface area contributed by atoms with Crippen molar-refractivity contribution in [1.29, 1.82) is 0 Å². The molecule has 0 N–H and O–H groups in total. The molecule has 1 aromatic heterocycles. The van der Waals surface area contributed by atoms with Gasteiger partial charge >= 0.3 is 0 Å². The topological polar surface area (TPSA) is 34.1 Å². The van der Waals surface area contributed by atoms with Gasteiger partial charge < -0.3 is 0 Å². The fraction of sp³-hybridized carbons (Fsp3) is 0.231. The van der Waals surface area contributed by atoms with Crippen LogP contribution in [0.2, 0.25) is 10.0 Å². The lowest BCUT2D eigenvalue weighted by molar-refractivity contribution is 0.588. The lowest BCUT2D eigenvalue weighted by Gasteiger charge is -2.22. The summed E-state index contributed by atoms with van der Waals surface area (Å²) in [7, 11) is -3.10. The Balaban J connectivity index is 1.96. The molecular formula is C13H10Cl2O2S3. The maximum absolute atomic E-state index is 12.0. The molecule has 3 rings (SSSR count). The minimum Gasteiger partial charge on any atom is -0.223 e. The largest absolute Gasteiger partial charge is 0.223 e. The van der Waals surface area contributed by atoms with Crippen molar-refractivity contribution in [2.24, 2.45) is 0 Å². The molecule has 1 aliphatic heterocycles. The third-order valence-corrected chi connectivity index (χ3v) is 8.49. The molecule has 0 radical (unpaired) electrons. The summed E-state index contributed by atoms with van der Waals surface area (Å²) in [6.45, 7) is 0. The van der Waals surface area contributed by atoms with E-state index in [1.807, 2.05) is 17.5 Å². The fourth-order valence-electron chi connectivity index (χ4n) is 2.15. The molecule has 1 atom stereocenters. The lowest BCUT2D eigenvalue weighted by atomic mass is 10.2. The molecule has 2 heterocycles. The van der Waals surface area contributed by atoms with E-state index in [-0.39, 0.29) is 11.0 Å². The molecule has 0 spiro atoms. The van der Waals surface area contributed by atoms with Crippen molar-refractivity contribution in [1.82, 2.24) is 0 Å². The van der Waals surface area contributed by atoms with Gasteiger partial charge in [0.1, 0.15) is 4.21 Å². The Kier molecular flexibility index (Phi) is 4.08. The zero-order valence-corrected chi connectivity index (χ0v) is 14.1. The SMILES string of the molecule is O=S1(=O)CC[C@@H](Sc2cc(Cl)ccc2Cl)c2ccsc21. The van der Waals surface area contributed by atoms with Crippen molar-refractivity contribution in [3.8, 4) is 0 Å². The summed E-state index contributed by atoms with van der Waals surface area (Å²) in [5.74, 6) is 0.191. The highest BCUT2D eigenvalue weighted by Crippen LogP contribution is 2.47. The molecule has 1 aliphatic rings. The molecule has 7 heteroatoms. The molecule has 0 aliphatic carbocycles. The average molecular weight is 365 g/mol. The van der Waals surface area contributed by atoms with Crippen molar-refractivity contribution in [3.63, 3.8) is 0 Å². The normalized spacial score (nSPS) is 20.6. The van der Waals surface area contributed by atoms with Crippen LogP contribution in [-0.4, -0.2) is 14.2 Å². The van der Waals surface area contributed by atoms with Gasteiger partial charge in [-0.1, -0.05) is 23.2 Å². The van der Waals surface area contributed by atoms with Crippen molar-refractivity contribution < 1.29 is 8.42 Å². The number of hydrogen-bond donors (Lipinski definition) is 0. The van der Waals surface area contributed by atoms with Crippen LogP contribution >= 0.6 is 46.3 Å². The van der Waals surface area contributed by atoms with E-state index >= 15 is 0 Å². The number of rotatable bonds is 2. The van der Waals surface area contributed by atoms with Gasteiger partial charge in [-0.05, 0) is 41.6 Å². The van der Waals surface area contributed by atoms with Crippen LogP contribution in [0.4, 0.5) is 0 Å². The highest BCUT2D eigenvalue weighted by molar-refractivity contribution is 8.00. The first-order chi connectivity index (χ1) is 9.47. The third-order valence-electron chi connectivity index (χ3n) is 3.10. The number of thioether (sulfide) groups is 1. The Morgan fingerprint density at radius 1 is 1.25 bits per heavy atom. The van der Waals surface area contributed by atoms with Gasteiger partial charge in [-0.15, -0.1) is 23.1 Å². The van der Waals surface area contributed by atoms with Crippen LogP contribution in [0.1, 0.15) is 17.2 Å². The van der Waals surface area contributed by atoms with Crippen LogP contribution in [0.3, 0.4) is 0 Å². The Morgan fingerprint density at radius 3 is 2.85 bits per heavy atom. The first kappa shape index (κ1) is 14.7. The molecule has 2 aromatic rings. The standard InChI is InChI=1S/C13H10Cl2O2S3/c14-8-1-2-10(15)12(7-8)19-11-4-6-20(16,17)13-9(11)3-5-18-13/h1-3,5,7,11H,4,6H2/t11-/m1/s1. The molecule has 0 saturated carbocycles. The van der Waals surface area contributed by atoms with Crippen LogP contribution in [0.5, 0.6) is 0 Å². The average Bonchev–Trinajstić information content (AvgIpc) is 2.88. The first-order valence-electron chi connectivity index (χ1n) is 5.89. The monoisotopic (exact) mass is 364 g/mol. The maximum atomic E-state index is 12.0. The number of halogens is 2. The number of hydrogen-bond acceptors (Lipinski definition) is 4. The van der Waals surface area contributed by atoms with Gasteiger partial charge in [0.2, 0.25) is 0 Å². The molecule has 0 bridgehead atoms. The van der Waals surface area contributed by atoms with Crippen molar-refractivity contribution in [3.05, 3.63) is 45.3 Å². The predicted molar refractivity (Wildman–Crippen MR) is 86.0 cm³/mol. The smallest absolute Gasteiger partial charge is 0.188 e. The van der Waals surface area contributed by atoms with E-state index in [0.29, 0.717) is 20.7 Å². The van der Waals surface area contributed by atoms with Crippen LogP contribution in [-0.2, 0) is 9.84 Å². The van der Waals surface area contributed by atoms with E-state index in [2.05, 4.69) is 0 Å². The van der Waals surface area contributed by atoms with Crippen molar-refractivity contribution in [2.75, 3.05) is 5.75 Å². The second kappa shape index (κ2) is 5.54. The Bertz CT molecular complexity index is 753. The van der Waals surface area contributed by atoms with E-state index in [4.69, 9.17) is 23.2 Å². The minimum atomic E-state index is -3.10. The lowest BCUT2D eigenvalue weighted by Crippen LogP contribution is -2.16. The molecule has 106 valence electrons. The van der Waals surface area contributed by atoms with E-state index < -0.39 is 9.84 Å². The number of fused-ring (bicyclic) bond motifs is 1. The van der Waals surface area contributed by atoms with Crippen LogP contribution < -0.4 is 0 Å². The summed E-state index contributed by atoms with van der Waals surface area (Å²) in [6.07, 6.45) is 0.597. The first-order valence-corrected chi connectivity index (χ1v) is 10.1. The van der Waals surface area contributed by atoms with Gasteiger partial charge in [-0.3, -0.25) is 0 Å². The van der Waals surface area contributed by atoms with Crippen LogP contribution in [0, 0.1) is 0 Å². The highest BCUT2D eigenvalue weighted by Gasteiger charge is 2.32. The van der Waals surface area contributed by atoms with Gasteiger partial charge in [-0.25, -0.2) is 8.42 Å². The molecule has 20 heavy (non-hydrogen) atoms. The van der Waals surface area contributed by atoms with Gasteiger partial charge in [0.15, 0.2) is 9.84 Å². The van der Waals surface area contributed by atoms with Gasteiger partial charge in [0.25, 0.3) is 0 Å². The molecule has 0 saturated heterocycles. The van der Waals surface area contributed by atoms with Crippen molar-refractivity contribution in [2.45, 2.75) is 20.8 Å². The van der Waals surface area contributed by atoms with Gasteiger partial charge in [-0.2, -0.15) is 0 Å². The Labute approximate surface area is 136 Å². The third kappa shape index (κ3) is 2.74. The maximum Gasteiger partial charge on any atom is 0.188 e. The zero-order chi connectivity index (χ0) is 14.3. The summed E-state index contributed by atoms with van der Waals surface area (Å²) in [5.41, 5.74) is 0.891. The molecule has 0 fully saturated rings. The Morgan fingerprint density at radius 2 is 2.05 bits per heavy atom. The number of benzene rings is 1. The highest BCUT2D eigenvalue weighted by atomic mass is 35.5. The number of sulfone groups is 1. The van der Waals surface area contributed by atoms with E-state index in [1.54, 1.807) is 23.9 Å². The van der Waals surface area contributed by atoms with Crippen LogP contribution in [0.25, 0.3) is 0 Å². The van der Waals surface area contributed by atoms with E-state index in [1.165, 1.54) is 11.3 Å². The molecule has 0 unspecified atom stereocenters. The van der Waals surface area contributed by atoms with E-state index in [9.17, 15) is 8.42 Å². The number of thiophene rings is 1. The fourth-order valence-corrected chi connectivity index (χ4v) is 7.17. The summed E-state index contributed by atoms with van der Waals surface area (Å²) >= 11 is 15.0. The summed E-state index contributed by atoms with van der Waals surface area (Å²) < 4.78 is 24.5. The Hall–Kier alpha value is -0.200. The molecule has 0 amide bonds. The predicted octanol–water partition coefficient (Wildman–Crippen LogP) is 5.07. The summed E-state index contributed by atoms with van der Waals surface area (Å²) in [4.78, 5) is 0.889. The van der Waals surface area contributed by atoms with Crippen molar-refractivity contribution >= 4 is 56.1 Å². The van der Waals surface area contributed by atoms with Gasteiger partial charge in [0.05, 0.1) is 10.8 Å². The zero-order valence-electron chi connectivity index (χ0n) is 10.2. The molecule has 1 aromatic carbocycles. The quantitative estimate of drug-likeness (QED) is 0.746. The van der Waals surface area contributed by atoms with E-state index in [0.717, 1.165) is 10.5 Å². The summed E-state index contributed by atoms with van der Waals surface area (Å²) in [6, 6.07) is 7.23. The van der Waals surface area contributed by atoms with Crippen LogP contribution in [0.15, 0.2) is 38.8 Å². The van der Waals surface area contributed by atoms with Gasteiger partial charge in [0, 0.05) is 15.2 Å². The summed E-state index contributed by atoms with van der Waals surface area (Å²) in [5, 5.41) is 3.21.